The predicted molar refractivity (Wildman–Crippen MR) is 73.2 cm³/mol. The van der Waals surface area contributed by atoms with Crippen LogP contribution in [0.3, 0.4) is 0 Å². The summed E-state index contributed by atoms with van der Waals surface area (Å²) in [6, 6.07) is 5.23. The van der Waals surface area contributed by atoms with Crippen LogP contribution in [0.4, 0.5) is 13.2 Å². The standard InChI is InChI=1S/C13H12F3N3OS/c14-13(15,16)9-7-8(3-5-17)1-2-10(9)21-12-18-6-4-11(20)19-12/h1-2,4,6-7H,3,5,17H2,(H,18,19,20). The lowest BCUT2D eigenvalue weighted by molar-refractivity contribution is -0.139. The van der Waals surface area contributed by atoms with E-state index in [1.54, 1.807) is 6.07 Å². The van der Waals surface area contributed by atoms with Gasteiger partial charge in [0.1, 0.15) is 0 Å². The maximum absolute atomic E-state index is 13.1. The summed E-state index contributed by atoms with van der Waals surface area (Å²) in [4.78, 5) is 17.4. The topological polar surface area (TPSA) is 71.8 Å². The Morgan fingerprint density at radius 1 is 1.29 bits per heavy atom. The lowest BCUT2D eigenvalue weighted by Crippen LogP contribution is -2.10. The molecule has 0 saturated carbocycles. The number of alkyl halides is 3. The van der Waals surface area contributed by atoms with E-state index < -0.39 is 17.3 Å². The summed E-state index contributed by atoms with van der Waals surface area (Å²) in [6.07, 6.45) is -2.87. The highest BCUT2D eigenvalue weighted by molar-refractivity contribution is 7.99. The summed E-state index contributed by atoms with van der Waals surface area (Å²) in [7, 11) is 0. The van der Waals surface area contributed by atoms with Gasteiger partial charge in [0.2, 0.25) is 0 Å². The van der Waals surface area contributed by atoms with Crippen LogP contribution in [0.5, 0.6) is 0 Å². The largest absolute Gasteiger partial charge is 0.417 e. The fourth-order valence-corrected chi connectivity index (χ4v) is 2.61. The van der Waals surface area contributed by atoms with Gasteiger partial charge in [0, 0.05) is 17.2 Å². The third kappa shape index (κ3) is 4.08. The van der Waals surface area contributed by atoms with E-state index in [0.717, 1.165) is 17.8 Å². The quantitative estimate of drug-likeness (QED) is 0.850. The fourth-order valence-electron chi connectivity index (χ4n) is 1.72. The molecule has 0 fully saturated rings. The van der Waals surface area contributed by atoms with E-state index in [1.165, 1.54) is 18.3 Å². The van der Waals surface area contributed by atoms with Crippen molar-refractivity contribution in [3.63, 3.8) is 0 Å². The molecular formula is C13H12F3N3OS. The lowest BCUT2D eigenvalue weighted by atomic mass is 10.1. The monoisotopic (exact) mass is 315 g/mol. The molecule has 1 aromatic heterocycles. The van der Waals surface area contributed by atoms with Gasteiger partial charge in [0.15, 0.2) is 5.16 Å². The number of benzene rings is 1. The smallest absolute Gasteiger partial charge is 0.330 e. The molecule has 0 aliphatic rings. The Balaban J connectivity index is 2.40. The molecule has 0 saturated heterocycles. The normalized spacial score (nSPS) is 11.6. The van der Waals surface area contributed by atoms with Gasteiger partial charge in [0.25, 0.3) is 5.56 Å². The minimum absolute atomic E-state index is 0.0161. The van der Waals surface area contributed by atoms with Crippen molar-refractivity contribution in [1.29, 1.82) is 0 Å². The first-order valence-electron chi connectivity index (χ1n) is 6.03. The molecular weight excluding hydrogens is 303 g/mol. The molecule has 0 spiro atoms. The van der Waals surface area contributed by atoms with Crippen LogP contribution in [0.25, 0.3) is 0 Å². The van der Waals surface area contributed by atoms with Crippen molar-refractivity contribution in [3.05, 3.63) is 51.9 Å². The van der Waals surface area contributed by atoms with E-state index in [9.17, 15) is 18.0 Å². The molecule has 112 valence electrons. The average Bonchev–Trinajstić information content (AvgIpc) is 2.39. The number of aromatic amines is 1. The molecule has 0 unspecified atom stereocenters. The number of hydrogen-bond donors (Lipinski definition) is 2. The predicted octanol–water partition coefficient (Wildman–Crippen LogP) is 2.44. The minimum Gasteiger partial charge on any atom is -0.330 e. The molecule has 3 N–H and O–H groups in total. The molecule has 0 amide bonds. The Morgan fingerprint density at radius 3 is 2.67 bits per heavy atom. The zero-order valence-electron chi connectivity index (χ0n) is 10.8. The molecule has 8 heteroatoms. The van der Waals surface area contributed by atoms with Gasteiger partial charge in [-0.05, 0) is 30.7 Å². The summed E-state index contributed by atoms with van der Waals surface area (Å²) in [5, 5.41) is 0.111. The van der Waals surface area contributed by atoms with Gasteiger partial charge in [-0.1, -0.05) is 17.8 Å². The molecule has 0 aliphatic carbocycles. The Morgan fingerprint density at radius 2 is 2.05 bits per heavy atom. The van der Waals surface area contributed by atoms with E-state index in [0.29, 0.717) is 12.0 Å². The molecule has 4 nitrogen and oxygen atoms in total. The highest BCUT2D eigenvalue weighted by Gasteiger charge is 2.34. The molecule has 0 bridgehead atoms. The van der Waals surface area contributed by atoms with Gasteiger partial charge in [-0.3, -0.25) is 4.79 Å². The minimum atomic E-state index is -4.48. The van der Waals surface area contributed by atoms with Gasteiger partial charge < -0.3 is 10.7 Å². The molecule has 21 heavy (non-hydrogen) atoms. The molecule has 0 atom stereocenters. The van der Waals surface area contributed by atoms with Gasteiger partial charge in [0.05, 0.1) is 5.56 Å². The van der Waals surface area contributed by atoms with Gasteiger partial charge in [-0.2, -0.15) is 13.2 Å². The number of nitrogens with one attached hydrogen (secondary N) is 1. The zero-order chi connectivity index (χ0) is 15.5. The van der Waals surface area contributed by atoms with Gasteiger partial charge in [-0.15, -0.1) is 0 Å². The summed E-state index contributed by atoms with van der Waals surface area (Å²) in [5.74, 6) is 0. The summed E-state index contributed by atoms with van der Waals surface area (Å²) >= 11 is 0.764. The number of rotatable bonds is 4. The van der Waals surface area contributed by atoms with Crippen LogP contribution in [-0.4, -0.2) is 16.5 Å². The number of H-pyrrole nitrogens is 1. The lowest BCUT2D eigenvalue weighted by Gasteiger charge is -2.13. The van der Waals surface area contributed by atoms with Crippen molar-refractivity contribution in [2.45, 2.75) is 22.6 Å². The van der Waals surface area contributed by atoms with Crippen molar-refractivity contribution in [1.82, 2.24) is 9.97 Å². The number of nitrogens with two attached hydrogens (primary N) is 1. The Labute approximate surface area is 122 Å². The SMILES string of the molecule is NCCc1ccc(Sc2nccc(=O)[nH]2)c(C(F)(F)F)c1. The first kappa shape index (κ1) is 15.6. The van der Waals surface area contributed by atoms with Gasteiger partial charge in [-0.25, -0.2) is 4.98 Å². The van der Waals surface area contributed by atoms with Crippen LogP contribution in [-0.2, 0) is 12.6 Å². The third-order valence-electron chi connectivity index (χ3n) is 2.64. The summed E-state index contributed by atoms with van der Waals surface area (Å²) in [6.45, 7) is 0.275. The van der Waals surface area contributed by atoms with E-state index in [2.05, 4.69) is 9.97 Å². The second-order valence-corrected chi connectivity index (χ2v) is 5.24. The van der Waals surface area contributed by atoms with Gasteiger partial charge >= 0.3 is 6.18 Å². The number of halogens is 3. The van der Waals surface area contributed by atoms with Crippen LogP contribution in [0, 0.1) is 0 Å². The number of hydrogen-bond acceptors (Lipinski definition) is 4. The maximum atomic E-state index is 13.1. The second-order valence-electron chi connectivity index (χ2n) is 4.21. The highest BCUT2D eigenvalue weighted by atomic mass is 32.2. The van der Waals surface area contributed by atoms with Crippen molar-refractivity contribution in [2.75, 3.05) is 6.54 Å². The summed E-state index contributed by atoms with van der Waals surface area (Å²) < 4.78 is 39.3. The first-order chi connectivity index (χ1) is 9.90. The van der Waals surface area contributed by atoms with Crippen LogP contribution in [0.2, 0.25) is 0 Å². The van der Waals surface area contributed by atoms with Crippen molar-refractivity contribution >= 4 is 11.8 Å². The summed E-state index contributed by atoms with van der Waals surface area (Å²) in [5.41, 5.74) is 4.70. The third-order valence-corrected chi connectivity index (χ3v) is 3.61. The van der Waals surface area contributed by atoms with E-state index in [-0.39, 0.29) is 16.6 Å². The highest BCUT2D eigenvalue weighted by Crippen LogP contribution is 2.38. The molecule has 2 rings (SSSR count). The Bertz CT molecular complexity index is 685. The van der Waals surface area contributed by atoms with Crippen LogP contribution in [0.1, 0.15) is 11.1 Å². The van der Waals surface area contributed by atoms with E-state index in [4.69, 9.17) is 5.73 Å². The maximum Gasteiger partial charge on any atom is 0.417 e. The van der Waals surface area contributed by atoms with Crippen LogP contribution < -0.4 is 11.3 Å². The average molecular weight is 315 g/mol. The van der Waals surface area contributed by atoms with Crippen LogP contribution >= 0.6 is 11.8 Å². The first-order valence-corrected chi connectivity index (χ1v) is 6.85. The van der Waals surface area contributed by atoms with Crippen molar-refractivity contribution in [2.24, 2.45) is 5.73 Å². The molecule has 2 aromatic rings. The fraction of sp³-hybridized carbons (Fsp3) is 0.231. The Hall–Kier alpha value is -1.80. The molecule has 1 heterocycles. The van der Waals surface area contributed by atoms with Crippen molar-refractivity contribution in [3.8, 4) is 0 Å². The zero-order valence-corrected chi connectivity index (χ0v) is 11.6. The van der Waals surface area contributed by atoms with Crippen LogP contribution in [0.15, 0.2) is 45.3 Å². The second kappa shape index (κ2) is 6.31. The molecule has 0 radical (unpaired) electrons. The van der Waals surface area contributed by atoms with Crippen molar-refractivity contribution < 1.29 is 13.2 Å². The molecule has 0 aliphatic heterocycles. The number of nitrogens with zero attached hydrogens (tertiary/aromatic N) is 1. The van der Waals surface area contributed by atoms with E-state index >= 15 is 0 Å². The number of aromatic nitrogens is 2. The Kier molecular flexibility index (Phi) is 4.69. The van der Waals surface area contributed by atoms with E-state index in [1.807, 2.05) is 0 Å². The molecule has 1 aromatic carbocycles.